The Balaban J connectivity index is 1.27. The van der Waals surface area contributed by atoms with Crippen molar-refractivity contribution in [1.82, 2.24) is 14.7 Å². The fraction of sp³-hybridized carbons (Fsp3) is 0.720. The first-order chi connectivity index (χ1) is 15.7. The van der Waals surface area contributed by atoms with Gasteiger partial charge in [0, 0.05) is 63.9 Å². The maximum atomic E-state index is 13.7. The number of amides is 1. The van der Waals surface area contributed by atoms with Crippen molar-refractivity contribution in [3.63, 3.8) is 0 Å². The monoisotopic (exact) mass is 445 g/mol. The molecular weight excluding hydrogens is 409 g/mol. The Bertz CT molecular complexity index is 783. The van der Waals surface area contributed by atoms with Gasteiger partial charge in [0.1, 0.15) is 17.7 Å². The molecule has 176 valence electrons. The van der Waals surface area contributed by atoms with Crippen LogP contribution in [-0.2, 0) is 9.53 Å². The summed E-state index contributed by atoms with van der Waals surface area (Å²) in [5, 5.41) is 0. The molecule has 0 radical (unpaired) electrons. The molecule has 6 nitrogen and oxygen atoms in total. The number of rotatable bonds is 5. The van der Waals surface area contributed by atoms with Gasteiger partial charge in [0.25, 0.3) is 0 Å². The Morgan fingerprint density at radius 1 is 1.03 bits per heavy atom. The average molecular weight is 446 g/mol. The zero-order valence-electron chi connectivity index (χ0n) is 19.0. The zero-order valence-corrected chi connectivity index (χ0v) is 19.0. The maximum Gasteiger partial charge on any atom is 0.240 e. The molecule has 4 aliphatic rings. The van der Waals surface area contributed by atoms with Crippen molar-refractivity contribution in [3.8, 4) is 5.75 Å². The summed E-state index contributed by atoms with van der Waals surface area (Å²) in [5.74, 6) is 0.469. The topological polar surface area (TPSA) is 45.2 Å². The maximum absolute atomic E-state index is 13.7. The van der Waals surface area contributed by atoms with E-state index in [1.807, 2.05) is 0 Å². The van der Waals surface area contributed by atoms with E-state index in [9.17, 15) is 9.18 Å². The van der Waals surface area contributed by atoms with Crippen LogP contribution in [0.4, 0.5) is 4.39 Å². The molecular formula is C25H36FN3O3. The lowest BCUT2D eigenvalue weighted by molar-refractivity contribution is -0.137. The highest BCUT2D eigenvalue weighted by Gasteiger charge is 2.43. The van der Waals surface area contributed by atoms with Crippen LogP contribution in [0.15, 0.2) is 24.3 Å². The summed E-state index contributed by atoms with van der Waals surface area (Å²) in [7, 11) is 0. The molecule has 3 atom stereocenters. The van der Waals surface area contributed by atoms with Gasteiger partial charge in [0.15, 0.2) is 0 Å². The highest BCUT2D eigenvalue weighted by molar-refractivity contribution is 5.82. The van der Waals surface area contributed by atoms with Crippen LogP contribution in [0.3, 0.4) is 0 Å². The highest BCUT2D eigenvalue weighted by Crippen LogP contribution is 2.30. The molecule has 1 amide bonds. The standard InChI is InChI=1S/C25H36FN3O3/c26-19-5-1-9-22(15-19)32-23-16-24(29(17-23)21-8-3-14-31-18-21)25(30)28-11-4-10-27(12-13-28)20-6-2-7-20/h1,5,9,15,20-21,23-24H,2-4,6-8,10-14,16-18H2. The van der Waals surface area contributed by atoms with Gasteiger partial charge in [-0.25, -0.2) is 4.39 Å². The number of benzene rings is 1. The van der Waals surface area contributed by atoms with E-state index < -0.39 is 0 Å². The van der Waals surface area contributed by atoms with Gasteiger partial charge in [-0.2, -0.15) is 0 Å². The Labute approximate surface area is 190 Å². The normalized spacial score (nSPS) is 30.7. The quantitative estimate of drug-likeness (QED) is 0.698. The summed E-state index contributed by atoms with van der Waals surface area (Å²) in [4.78, 5) is 20.7. The number of carbonyl (C=O) groups excluding carboxylic acids is 1. The first-order valence-corrected chi connectivity index (χ1v) is 12.5. The molecule has 3 saturated heterocycles. The van der Waals surface area contributed by atoms with E-state index in [1.54, 1.807) is 12.1 Å². The van der Waals surface area contributed by atoms with E-state index in [0.29, 0.717) is 25.3 Å². The van der Waals surface area contributed by atoms with Crippen molar-refractivity contribution in [3.05, 3.63) is 30.1 Å². The lowest BCUT2D eigenvalue weighted by Gasteiger charge is -2.37. The molecule has 5 rings (SSSR count). The van der Waals surface area contributed by atoms with Gasteiger partial charge in [-0.15, -0.1) is 0 Å². The van der Waals surface area contributed by atoms with E-state index in [1.165, 1.54) is 31.4 Å². The van der Waals surface area contributed by atoms with Crippen LogP contribution >= 0.6 is 0 Å². The van der Waals surface area contributed by atoms with Gasteiger partial charge < -0.3 is 14.4 Å². The lowest BCUT2D eigenvalue weighted by atomic mass is 9.91. The molecule has 3 heterocycles. The average Bonchev–Trinajstić information content (AvgIpc) is 3.03. The number of nitrogens with zero attached hydrogens (tertiary/aromatic N) is 3. The van der Waals surface area contributed by atoms with Gasteiger partial charge in [-0.1, -0.05) is 12.5 Å². The third-order valence-corrected chi connectivity index (χ3v) is 7.72. The lowest BCUT2D eigenvalue weighted by Crippen LogP contribution is -2.52. The summed E-state index contributed by atoms with van der Waals surface area (Å²) < 4.78 is 25.5. The summed E-state index contributed by atoms with van der Waals surface area (Å²) in [5.41, 5.74) is 0. The predicted octanol–water partition coefficient (Wildman–Crippen LogP) is 2.91. The van der Waals surface area contributed by atoms with E-state index in [0.717, 1.165) is 58.1 Å². The third-order valence-electron chi connectivity index (χ3n) is 7.72. The van der Waals surface area contributed by atoms with Crippen LogP contribution in [0.5, 0.6) is 5.75 Å². The minimum atomic E-state index is -0.300. The summed E-state index contributed by atoms with van der Waals surface area (Å²) in [6.07, 6.45) is 7.61. The number of hydrogen-bond donors (Lipinski definition) is 0. The molecule has 0 N–H and O–H groups in total. The van der Waals surface area contributed by atoms with E-state index >= 15 is 0 Å². The fourth-order valence-corrected chi connectivity index (χ4v) is 5.76. The molecule has 0 aromatic heterocycles. The van der Waals surface area contributed by atoms with E-state index in [2.05, 4.69) is 14.7 Å². The largest absolute Gasteiger partial charge is 0.489 e. The number of ether oxygens (including phenoxy) is 2. The predicted molar refractivity (Wildman–Crippen MR) is 120 cm³/mol. The molecule has 32 heavy (non-hydrogen) atoms. The van der Waals surface area contributed by atoms with Crippen LogP contribution < -0.4 is 4.74 Å². The second kappa shape index (κ2) is 10.1. The zero-order chi connectivity index (χ0) is 21.9. The first kappa shape index (κ1) is 22.1. The Kier molecular flexibility index (Phi) is 6.95. The van der Waals surface area contributed by atoms with Crippen LogP contribution in [0.1, 0.15) is 44.9 Å². The highest BCUT2D eigenvalue weighted by atomic mass is 19.1. The number of hydrogen-bond acceptors (Lipinski definition) is 5. The Hall–Kier alpha value is -1.70. The first-order valence-electron chi connectivity index (χ1n) is 12.5. The Morgan fingerprint density at radius 2 is 1.91 bits per heavy atom. The fourth-order valence-electron chi connectivity index (χ4n) is 5.76. The SMILES string of the molecule is O=C(C1CC(Oc2cccc(F)c2)CN1C1CCCOC1)N1CCCN(C2CCC2)CC1. The van der Waals surface area contributed by atoms with E-state index in [4.69, 9.17) is 9.47 Å². The van der Waals surface area contributed by atoms with Gasteiger partial charge in [-0.3, -0.25) is 14.6 Å². The molecule has 0 bridgehead atoms. The second-order valence-corrected chi connectivity index (χ2v) is 9.82. The molecule has 1 aliphatic carbocycles. The minimum absolute atomic E-state index is 0.119. The van der Waals surface area contributed by atoms with Crippen molar-refractivity contribution in [2.24, 2.45) is 0 Å². The van der Waals surface area contributed by atoms with Gasteiger partial charge in [-0.05, 0) is 44.2 Å². The number of halogens is 1. The van der Waals surface area contributed by atoms with Crippen LogP contribution in [0.2, 0.25) is 0 Å². The third kappa shape index (κ3) is 4.95. The minimum Gasteiger partial charge on any atom is -0.489 e. The molecule has 4 fully saturated rings. The van der Waals surface area contributed by atoms with Gasteiger partial charge in [0.05, 0.1) is 12.6 Å². The summed E-state index contributed by atoms with van der Waals surface area (Å²) >= 11 is 0. The molecule has 1 aromatic carbocycles. The molecule has 1 saturated carbocycles. The summed E-state index contributed by atoms with van der Waals surface area (Å²) in [6, 6.07) is 7.10. The van der Waals surface area contributed by atoms with Crippen molar-refractivity contribution in [2.45, 2.75) is 69.2 Å². The van der Waals surface area contributed by atoms with Crippen molar-refractivity contribution >= 4 is 5.91 Å². The van der Waals surface area contributed by atoms with Gasteiger partial charge >= 0.3 is 0 Å². The van der Waals surface area contributed by atoms with Gasteiger partial charge in [0.2, 0.25) is 5.91 Å². The molecule has 3 unspecified atom stereocenters. The van der Waals surface area contributed by atoms with Crippen LogP contribution in [0.25, 0.3) is 0 Å². The molecule has 0 spiro atoms. The second-order valence-electron chi connectivity index (χ2n) is 9.82. The molecule has 3 aliphatic heterocycles. The van der Waals surface area contributed by atoms with Crippen molar-refractivity contribution in [2.75, 3.05) is 45.9 Å². The van der Waals surface area contributed by atoms with E-state index in [-0.39, 0.29) is 29.9 Å². The smallest absolute Gasteiger partial charge is 0.240 e. The number of likely N-dealkylation sites (tertiary alicyclic amines) is 1. The van der Waals surface area contributed by atoms with Crippen molar-refractivity contribution in [1.29, 1.82) is 0 Å². The Morgan fingerprint density at radius 3 is 2.66 bits per heavy atom. The van der Waals surface area contributed by atoms with Crippen LogP contribution in [0, 0.1) is 5.82 Å². The molecule has 1 aromatic rings. The number of carbonyl (C=O) groups is 1. The van der Waals surface area contributed by atoms with Crippen molar-refractivity contribution < 1.29 is 18.7 Å². The molecule has 7 heteroatoms. The van der Waals surface area contributed by atoms with Crippen LogP contribution in [-0.4, -0.2) is 90.8 Å². The summed E-state index contributed by atoms with van der Waals surface area (Å²) in [6.45, 7) is 5.90.